The minimum atomic E-state index is -4.62. The molecule has 65 valence electrons. The Kier molecular flexibility index (Phi) is 2.26. The lowest BCUT2D eigenvalue weighted by Gasteiger charge is -2.10. The summed E-state index contributed by atoms with van der Waals surface area (Å²) in [6.45, 7) is 1.53. The molecule has 1 aromatic rings. The van der Waals surface area contributed by atoms with E-state index in [1.165, 1.54) is 25.1 Å². The fraction of sp³-hybridized carbons (Fsp3) is 0.250. The van der Waals surface area contributed by atoms with E-state index in [0.717, 1.165) is 0 Å². The van der Waals surface area contributed by atoms with E-state index in [4.69, 9.17) is 0 Å². The van der Waals surface area contributed by atoms with E-state index < -0.39 is 6.36 Å². The molecule has 1 nitrogen and oxygen atoms in total. The monoisotopic (exact) mass is 175 g/mol. The third kappa shape index (κ3) is 2.45. The molecule has 0 aliphatic rings. The molecule has 0 amide bonds. The van der Waals surface area contributed by atoms with Crippen molar-refractivity contribution in [3.63, 3.8) is 0 Å². The van der Waals surface area contributed by atoms with Gasteiger partial charge in [-0.05, 0) is 30.7 Å². The summed E-state index contributed by atoms with van der Waals surface area (Å²) in [5, 5.41) is 0. The Morgan fingerprint density at radius 3 is 2.58 bits per heavy atom. The van der Waals surface area contributed by atoms with Crippen molar-refractivity contribution in [3.05, 3.63) is 29.8 Å². The molecule has 4 heteroatoms. The van der Waals surface area contributed by atoms with Gasteiger partial charge >= 0.3 is 6.36 Å². The lowest BCUT2D eigenvalue weighted by atomic mass is 10.2. The van der Waals surface area contributed by atoms with E-state index in [2.05, 4.69) is 10.8 Å². The summed E-state index contributed by atoms with van der Waals surface area (Å²) in [6.07, 6.45) is -4.62. The molecule has 0 saturated carbocycles. The van der Waals surface area contributed by atoms with Gasteiger partial charge in [-0.2, -0.15) is 0 Å². The van der Waals surface area contributed by atoms with Crippen LogP contribution < -0.4 is 4.74 Å². The number of rotatable bonds is 1. The highest BCUT2D eigenvalue weighted by Gasteiger charge is 2.31. The highest BCUT2D eigenvalue weighted by Crippen LogP contribution is 2.24. The Labute approximate surface area is 67.8 Å². The molecule has 0 atom stereocenters. The topological polar surface area (TPSA) is 9.23 Å². The number of hydrogen-bond acceptors (Lipinski definition) is 1. The van der Waals surface area contributed by atoms with Gasteiger partial charge in [0.05, 0.1) is 0 Å². The molecule has 0 saturated heterocycles. The van der Waals surface area contributed by atoms with Crippen LogP contribution in [-0.2, 0) is 0 Å². The SMILES string of the molecule is Cc1c[c]ccc1OC(F)(F)F. The molecule has 0 fully saturated rings. The Balaban J connectivity index is 2.83. The minimum Gasteiger partial charge on any atom is -0.406 e. The molecule has 0 spiro atoms. The molecule has 1 radical (unpaired) electrons. The second-order valence-electron chi connectivity index (χ2n) is 2.24. The van der Waals surface area contributed by atoms with Crippen molar-refractivity contribution in [1.82, 2.24) is 0 Å². The van der Waals surface area contributed by atoms with Gasteiger partial charge in [0.1, 0.15) is 5.75 Å². The Morgan fingerprint density at radius 2 is 2.08 bits per heavy atom. The lowest BCUT2D eigenvalue weighted by molar-refractivity contribution is -0.274. The van der Waals surface area contributed by atoms with Gasteiger partial charge in [0, 0.05) is 0 Å². The maximum atomic E-state index is 11.7. The van der Waals surface area contributed by atoms with E-state index >= 15 is 0 Å². The van der Waals surface area contributed by atoms with E-state index in [-0.39, 0.29) is 5.75 Å². The second-order valence-corrected chi connectivity index (χ2v) is 2.24. The average molecular weight is 175 g/mol. The maximum absolute atomic E-state index is 11.7. The van der Waals surface area contributed by atoms with Crippen LogP contribution in [0.5, 0.6) is 5.75 Å². The number of hydrogen-bond donors (Lipinski definition) is 0. The fourth-order valence-corrected chi connectivity index (χ4v) is 0.739. The summed E-state index contributed by atoms with van der Waals surface area (Å²) in [7, 11) is 0. The summed E-state index contributed by atoms with van der Waals surface area (Å²) < 4.78 is 38.8. The van der Waals surface area contributed by atoms with Gasteiger partial charge in [-0.15, -0.1) is 13.2 Å². The molecular formula is C8H6F3O. The molecule has 0 bridgehead atoms. The molecule has 0 aliphatic heterocycles. The van der Waals surface area contributed by atoms with Crippen molar-refractivity contribution in [2.75, 3.05) is 0 Å². The predicted molar refractivity (Wildman–Crippen MR) is 36.7 cm³/mol. The molecule has 0 N–H and O–H groups in total. The van der Waals surface area contributed by atoms with Gasteiger partial charge in [-0.3, -0.25) is 0 Å². The van der Waals surface area contributed by atoms with Gasteiger partial charge in [-0.1, -0.05) is 6.07 Å². The van der Waals surface area contributed by atoms with E-state index in [9.17, 15) is 13.2 Å². The minimum absolute atomic E-state index is 0.179. The number of halogens is 3. The maximum Gasteiger partial charge on any atom is 0.573 e. The second kappa shape index (κ2) is 3.05. The average Bonchev–Trinajstić information content (AvgIpc) is 1.91. The summed E-state index contributed by atoms with van der Waals surface area (Å²) in [5.74, 6) is -0.179. The normalized spacial score (nSPS) is 11.3. The Hall–Kier alpha value is -1.19. The first-order valence-corrected chi connectivity index (χ1v) is 3.21. The van der Waals surface area contributed by atoms with Crippen molar-refractivity contribution in [2.45, 2.75) is 13.3 Å². The number of alkyl halides is 3. The molecule has 1 rings (SSSR count). The standard InChI is InChI=1S/C8H6F3O/c1-6-4-2-3-5-7(6)12-8(9,10)11/h3-5H,1H3. The summed E-state index contributed by atoms with van der Waals surface area (Å²) in [6, 6.07) is 6.67. The van der Waals surface area contributed by atoms with Gasteiger partial charge in [-0.25, -0.2) is 0 Å². The molecule has 0 unspecified atom stereocenters. The van der Waals surface area contributed by atoms with Crippen LogP contribution in [0.4, 0.5) is 13.2 Å². The number of benzene rings is 1. The summed E-state index contributed by atoms with van der Waals surface area (Å²) >= 11 is 0. The van der Waals surface area contributed by atoms with Crippen LogP contribution in [0.25, 0.3) is 0 Å². The molecule has 0 aromatic heterocycles. The van der Waals surface area contributed by atoms with E-state index in [0.29, 0.717) is 5.56 Å². The Bertz CT molecular complexity index is 267. The van der Waals surface area contributed by atoms with E-state index in [1.54, 1.807) is 0 Å². The van der Waals surface area contributed by atoms with Gasteiger partial charge in [0.15, 0.2) is 0 Å². The molecule has 0 aliphatic carbocycles. The van der Waals surface area contributed by atoms with Crippen LogP contribution in [0.1, 0.15) is 5.56 Å². The molecular weight excluding hydrogens is 169 g/mol. The third-order valence-electron chi connectivity index (χ3n) is 1.25. The smallest absolute Gasteiger partial charge is 0.406 e. The van der Waals surface area contributed by atoms with Crippen LogP contribution in [0.3, 0.4) is 0 Å². The van der Waals surface area contributed by atoms with Crippen LogP contribution in [-0.4, -0.2) is 6.36 Å². The van der Waals surface area contributed by atoms with Crippen molar-refractivity contribution < 1.29 is 17.9 Å². The van der Waals surface area contributed by atoms with Crippen molar-refractivity contribution in [3.8, 4) is 5.75 Å². The lowest BCUT2D eigenvalue weighted by Crippen LogP contribution is -2.17. The van der Waals surface area contributed by atoms with Gasteiger partial charge in [0.25, 0.3) is 0 Å². The third-order valence-corrected chi connectivity index (χ3v) is 1.25. The van der Waals surface area contributed by atoms with Gasteiger partial charge < -0.3 is 4.74 Å². The van der Waals surface area contributed by atoms with Crippen LogP contribution >= 0.6 is 0 Å². The highest BCUT2D eigenvalue weighted by molar-refractivity contribution is 5.31. The number of aryl methyl sites for hydroxylation is 1. The fourth-order valence-electron chi connectivity index (χ4n) is 0.739. The summed E-state index contributed by atoms with van der Waals surface area (Å²) in [5.41, 5.74) is 0.412. The largest absolute Gasteiger partial charge is 0.573 e. The summed E-state index contributed by atoms with van der Waals surface area (Å²) in [4.78, 5) is 0. The van der Waals surface area contributed by atoms with Crippen molar-refractivity contribution in [2.24, 2.45) is 0 Å². The Morgan fingerprint density at radius 1 is 1.42 bits per heavy atom. The first-order chi connectivity index (χ1) is 5.49. The molecule has 1 aromatic carbocycles. The zero-order chi connectivity index (χ0) is 9.19. The predicted octanol–water partition coefficient (Wildman–Crippen LogP) is 2.69. The van der Waals surface area contributed by atoms with E-state index in [1.807, 2.05) is 0 Å². The molecule has 12 heavy (non-hydrogen) atoms. The quantitative estimate of drug-likeness (QED) is 0.637. The molecule has 0 heterocycles. The highest BCUT2D eigenvalue weighted by atomic mass is 19.4. The van der Waals surface area contributed by atoms with Crippen LogP contribution in [0.2, 0.25) is 0 Å². The van der Waals surface area contributed by atoms with Crippen LogP contribution in [0.15, 0.2) is 18.2 Å². The zero-order valence-corrected chi connectivity index (χ0v) is 6.27. The first kappa shape index (κ1) is 8.90. The zero-order valence-electron chi connectivity index (χ0n) is 6.27. The van der Waals surface area contributed by atoms with Crippen molar-refractivity contribution in [1.29, 1.82) is 0 Å². The van der Waals surface area contributed by atoms with Gasteiger partial charge in [0.2, 0.25) is 0 Å². The van der Waals surface area contributed by atoms with Crippen molar-refractivity contribution >= 4 is 0 Å². The number of ether oxygens (including phenoxy) is 1. The first-order valence-electron chi connectivity index (χ1n) is 3.21. The van der Waals surface area contributed by atoms with Crippen LogP contribution in [0, 0.1) is 13.0 Å².